The summed E-state index contributed by atoms with van der Waals surface area (Å²) in [4.78, 5) is 30.0. The molecule has 1 atom stereocenters. The van der Waals surface area contributed by atoms with E-state index >= 15 is 0 Å². The van der Waals surface area contributed by atoms with E-state index in [-0.39, 0.29) is 30.0 Å². The lowest BCUT2D eigenvalue weighted by Gasteiger charge is -2.15. The van der Waals surface area contributed by atoms with Crippen molar-refractivity contribution in [2.75, 3.05) is 18.6 Å². The number of benzene rings is 2. The number of hydrogen-bond donors (Lipinski definition) is 0. The molecule has 1 aliphatic heterocycles. The van der Waals surface area contributed by atoms with Crippen LogP contribution in [0.4, 0.5) is 10.1 Å². The average Bonchev–Trinajstić information content (AvgIpc) is 3.35. The van der Waals surface area contributed by atoms with Crippen LogP contribution in [-0.4, -0.2) is 35.7 Å². The van der Waals surface area contributed by atoms with E-state index in [0.717, 1.165) is 0 Å². The van der Waals surface area contributed by atoms with Gasteiger partial charge in [-0.2, -0.15) is 4.98 Å². The molecule has 0 N–H and O–H groups in total. The highest BCUT2D eigenvalue weighted by Gasteiger charge is 2.34. The summed E-state index contributed by atoms with van der Waals surface area (Å²) < 4.78 is 23.2. The maximum Gasteiger partial charge on any atom is 0.337 e. The summed E-state index contributed by atoms with van der Waals surface area (Å²) in [6, 6.07) is 12.4. The Morgan fingerprint density at radius 3 is 2.79 bits per heavy atom. The molecule has 2 heterocycles. The lowest BCUT2D eigenvalue weighted by atomic mass is 10.1. The number of halogens is 1. The Labute approximate surface area is 159 Å². The minimum absolute atomic E-state index is 0.0874. The molecule has 1 aromatic heterocycles. The first-order valence-electron chi connectivity index (χ1n) is 8.63. The monoisotopic (exact) mass is 381 g/mol. The molecule has 142 valence electrons. The zero-order valence-corrected chi connectivity index (χ0v) is 15.0. The fourth-order valence-corrected chi connectivity index (χ4v) is 3.17. The molecule has 28 heavy (non-hydrogen) atoms. The van der Waals surface area contributed by atoms with Gasteiger partial charge < -0.3 is 14.2 Å². The third-order valence-corrected chi connectivity index (χ3v) is 4.60. The van der Waals surface area contributed by atoms with Crippen molar-refractivity contribution in [3.05, 3.63) is 65.7 Å². The predicted octanol–water partition coefficient (Wildman–Crippen LogP) is 3.18. The summed E-state index contributed by atoms with van der Waals surface area (Å²) in [5.74, 6) is -0.471. The van der Waals surface area contributed by atoms with Gasteiger partial charge in [0.1, 0.15) is 5.82 Å². The van der Waals surface area contributed by atoms with Crippen LogP contribution in [0.2, 0.25) is 0 Å². The van der Waals surface area contributed by atoms with Gasteiger partial charge in [-0.1, -0.05) is 11.2 Å². The molecular formula is C20H16FN3O4. The molecule has 0 unspecified atom stereocenters. The summed E-state index contributed by atoms with van der Waals surface area (Å²) in [6.45, 7) is 0.381. The number of methoxy groups -OCH3 is 1. The largest absolute Gasteiger partial charge is 0.465 e. The molecule has 3 aromatic rings. The molecule has 0 saturated carbocycles. The normalized spacial score (nSPS) is 16.4. The predicted molar refractivity (Wildman–Crippen MR) is 97.2 cm³/mol. The zero-order valence-electron chi connectivity index (χ0n) is 15.0. The second-order valence-electron chi connectivity index (χ2n) is 6.41. The van der Waals surface area contributed by atoms with E-state index in [1.165, 1.54) is 19.2 Å². The van der Waals surface area contributed by atoms with Gasteiger partial charge in [-0.05, 0) is 42.5 Å². The Balaban J connectivity index is 1.54. The van der Waals surface area contributed by atoms with Crippen molar-refractivity contribution in [2.24, 2.45) is 0 Å². The van der Waals surface area contributed by atoms with Gasteiger partial charge >= 0.3 is 5.97 Å². The van der Waals surface area contributed by atoms with Crippen molar-refractivity contribution in [1.82, 2.24) is 10.1 Å². The molecule has 7 nitrogen and oxygen atoms in total. The van der Waals surface area contributed by atoms with Gasteiger partial charge in [-0.3, -0.25) is 4.79 Å². The average molecular weight is 381 g/mol. The molecule has 2 aromatic carbocycles. The number of ether oxygens (including phenoxy) is 1. The number of carbonyl (C=O) groups is 2. The smallest absolute Gasteiger partial charge is 0.337 e. The molecule has 0 spiro atoms. The molecule has 1 fully saturated rings. The SMILES string of the molecule is COC(=O)c1cccc(-c2nc([C@@H]3CC(=O)N(c4ccc(F)cc4)C3)no2)c1. The quantitative estimate of drug-likeness (QED) is 0.645. The van der Waals surface area contributed by atoms with Crippen molar-refractivity contribution in [1.29, 1.82) is 0 Å². The van der Waals surface area contributed by atoms with Gasteiger partial charge in [0.25, 0.3) is 5.89 Å². The standard InChI is InChI=1S/C20H16FN3O4/c1-27-20(26)13-4-2-3-12(9-13)19-22-18(23-28-19)14-10-17(25)24(11-14)16-7-5-15(21)6-8-16/h2-9,14H,10-11H2,1H3/t14-/m1/s1. The summed E-state index contributed by atoms with van der Waals surface area (Å²) in [5, 5.41) is 4.00. The van der Waals surface area contributed by atoms with Gasteiger partial charge in [0, 0.05) is 30.1 Å². The summed E-state index contributed by atoms with van der Waals surface area (Å²) in [6.07, 6.45) is 0.235. The number of hydrogen-bond acceptors (Lipinski definition) is 6. The Hall–Kier alpha value is -3.55. The number of nitrogens with zero attached hydrogens (tertiary/aromatic N) is 3. The molecule has 1 amide bonds. The minimum Gasteiger partial charge on any atom is -0.465 e. The van der Waals surface area contributed by atoms with Gasteiger partial charge in [0.05, 0.1) is 12.7 Å². The number of carbonyl (C=O) groups excluding carboxylic acids is 2. The van der Waals surface area contributed by atoms with E-state index in [1.807, 2.05) is 0 Å². The van der Waals surface area contributed by atoms with Crippen molar-refractivity contribution >= 4 is 17.6 Å². The van der Waals surface area contributed by atoms with E-state index in [2.05, 4.69) is 10.1 Å². The van der Waals surface area contributed by atoms with Crippen LogP contribution in [0.25, 0.3) is 11.5 Å². The second-order valence-corrected chi connectivity index (χ2v) is 6.41. The first-order valence-corrected chi connectivity index (χ1v) is 8.63. The van der Waals surface area contributed by atoms with Crippen LogP contribution in [-0.2, 0) is 9.53 Å². The Bertz CT molecular complexity index is 1030. The van der Waals surface area contributed by atoms with E-state index in [9.17, 15) is 14.0 Å². The molecule has 0 aliphatic carbocycles. The maximum atomic E-state index is 13.1. The van der Waals surface area contributed by atoms with Crippen LogP contribution >= 0.6 is 0 Å². The van der Waals surface area contributed by atoms with Gasteiger partial charge in [-0.15, -0.1) is 0 Å². The number of anilines is 1. The molecule has 1 aliphatic rings. The van der Waals surface area contributed by atoms with Crippen LogP contribution in [0.3, 0.4) is 0 Å². The van der Waals surface area contributed by atoms with Crippen LogP contribution in [0.15, 0.2) is 53.1 Å². The Morgan fingerprint density at radius 2 is 2.04 bits per heavy atom. The lowest BCUT2D eigenvalue weighted by Crippen LogP contribution is -2.24. The van der Waals surface area contributed by atoms with Crippen molar-refractivity contribution < 1.29 is 23.2 Å². The van der Waals surface area contributed by atoms with Gasteiger partial charge in [0.2, 0.25) is 5.91 Å². The Kier molecular flexibility index (Phi) is 4.60. The molecule has 8 heteroatoms. The van der Waals surface area contributed by atoms with Crippen molar-refractivity contribution in [3.63, 3.8) is 0 Å². The van der Waals surface area contributed by atoms with Gasteiger partial charge in [0.15, 0.2) is 5.82 Å². The molecular weight excluding hydrogens is 365 g/mol. The number of rotatable bonds is 4. The third kappa shape index (κ3) is 3.36. The second kappa shape index (κ2) is 7.22. The number of amides is 1. The first kappa shape index (κ1) is 17.8. The molecule has 4 rings (SSSR count). The third-order valence-electron chi connectivity index (χ3n) is 4.60. The van der Waals surface area contributed by atoms with E-state index in [4.69, 9.17) is 9.26 Å². The highest BCUT2D eigenvalue weighted by molar-refractivity contribution is 5.96. The minimum atomic E-state index is -0.460. The molecule has 0 bridgehead atoms. The highest BCUT2D eigenvalue weighted by atomic mass is 19.1. The fourth-order valence-electron chi connectivity index (χ4n) is 3.17. The topological polar surface area (TPSA) is 85.5 Å². The number of aromatic nitrogens is 2. The first-order chi connectivity index (χ1) is 13.5. The van der Waals surface area contributed by atoms with Gasteiger partial charge in [-0.25, -0.2) is 9.18 Å². The lowest BCUT2D eigenvalue weighted by molar-refractivity contribution is -0.117. The summed E-state index contributed by atoms with van der Waals surface area (Å²) in [7, 11) is 1.31. The van der Waals surface area contributed by atoms with E-state index in [1.54, 1.807) is 41.3 Å². The number of esters is 1. The highest BCUT2D eigenvalue weighted by Crippen LogP contribution is 2.31. The summed E-state index contributed by atoms with van der Waals surface area (Å²) >= 11 is 0. The van der Waals surface area contributed by atoms with Crippen LogP contribution in [0, 0.1) is 5.82 Å². The molecule has 1 saturated heterocycles. The Morgan fingerprint density at radius 1 is 1.25 bits per heavy atom. The molecule has 0 radical (unpaired) electrons. The zero-order chi connectivity index (χ0) is 19.7. The van der Waals surface area contributed by atoms with Crippen molar-refractivity contribution in [2.45, 2.75) is 12.3 Å². The van der Waals surface area contributed by atoms with Crippen molar-refractivity contribution in [3.8, 4) is 11.5 Å². The maximum absolute atomic E-state index is 13.1. The van der Waals surface area contributed by atoms with Crippen LogP contribution in [0.1, 0.15) is 28.5 Å². The van der Waals surface area contributed by atoms with Crippen LogP contribution in [0.5, 0.6) is 0 Å². The van der Waals surface area contributed by atoms with Crippen LogP contribution < -0.4 is 4.90 Å². The summed E-state index contributed by atoms with van der Waals surface area (Å²) in [5.41, 5.74) is 1.59. The van der Waals surface area contributed by atoms with E-state index in [0.29, 0.717) is 29.2 Å². The fraction of sp³-hybridized carbons (Fsp3) is 0.200. The van der Waals surface area contributed by atoms with E-state index < -0.39 is 5.97 Å².